The number of nitrogens with zero attached hydrogens (tertiary/aromatic N) is 1. The van der Waals surface area contributed by atoms with Crippen LogP contribution in [0.3, 0.4) is 0 Å². The largest absolute Gasteiger partial charge is 0.452 e. The van der Waals surface area contributed by atoms with E-state index in [4.69, 9.17) is 15.2 Å². The summed E-state index contributed by atoms with van der Waals surface area (Å²) in [6, 6.07) is 15.5. The number of nitrogens with two attached hydrogens (primary N) is 1. The van der Waals surface area contributed by atoms with Crippen LogP contribution in [0.5, 0.6) is 0 Å². The molecule has 2 aromatic rings. The van der Waals surface area contributed by atoms with E-state index in [-0.39, 0.29) is 5.92 Å². The second kappa shape index (κ2) is 9.25. The van der Waals surface area contributed by atoms with Gasteiger partial charge in [-0.1, -0.05) is 36.4 Å². The van der Waals surface area contributed by atoms with Crippen molar-refractivity contribution in [2.24, 2.45) is 11.7 Å². The molecule has 6 nitrogen and oxygen atoms in total. The van der Waals surface area contributed by atoms with E-state index in [0.29, 0.717) is 17.5 Å². The van der Waals surface area contributed by atoms with E-state index in [1.54, 1.807) is 24.7 Å². The zero-order valence-corrected chi connectivity index (χ0v) is 19.6. The van der Waals surface area contributed by atoms with E-state index in [2.05, 4.69) is 17.9 Å². The molecule has 2 N–H and O–H groups in total. The first-order valence-corrected chi connectivity index (χ1v) is 13.1. The highest BCUT2D eigenvalue weighted by atomic mass is 32.2. The number of hydrogen-bond acceptors (Lipinski definition) is 6. The minimum Gasteiger partial charge on any atom is -0.452 e. The predicted molar refractivity (Wildman–Crippen MR) is 125 cm³/mol. The third-order valence-corrected chi connectivity index (χ3v) is 7.84. The molecular weight excluding hydrogens is 424 g/mol. The molecule has 7 heteroatoms. The van der Waals surface area contributed by atoms with Crippen LogP contribution in [0.15, 0.2) is 66.0 Å². The van der Waals surface area contributed by atoms with Crippen molar-refractivity contribution in [1.82, 2.24) is 4.90 Å². The first-order chi connectivity index (χ1) is 15.3. The smallest absolute Gasteiger partial charge is 0.280 e. The summed E-state index contributed by atoms with van der Waals surface area (Å²) in [7, 11) is -3.25. The van der Waals surface area contributed by atoms with Gasteiger partial charge in [-0.15, -0.1) is 0 Å². The van der Waals surface area contributed by atoms with Crippen molar-refractivity contribution in [3.05, 3.63) is 66.6 Å². The maximum atomic E-state index is 11.9. The molecule has 2 heterocycles. The first-order valence-electron chi connectivity index (χ1n) is 11.2. The van der Waals surface area contributed by atoms with Gasteiger partial charge in [0.2, 0.25) is 0 Å². The molecule has 2 aliphatic rings. The van der Waals surface area contributed by atoms with Gasteiger partial charge in [-0.05, 0) is 69.1 Å². The molecule has 0 amide bonds. The average Bonchev–Trinajstić information content (AvgIpc) is 3.30. The Morgan fingerprint density at radius 1 is 1.06 bits per heavy atom. The van der Waals surface area contributed by atoms with Gasteiger partial charge in [-0.2, -0.15) is 0 Å². The van der Waals surface area contributed by atoms with Gasteiger partial charge < -0.3 is 20.1 Å². The van der Waals surface area contributed by atoms with Crippen molar-refractivity contribution in [2.75, 3.05) is 25.9 Å². The van der Waals surface area contributed by atoms with Crippen LogP contribution in [0.1, 0.15) is 31.7 Å². The van der Waals surface area contributed by atoms with E-state index >= 15 is 0 Å². The fraction of sp³-hybridized carbons (Fsp3) is 0.440. The van der Waals surface area contributed by atoms with Crippen molar-refractivity contribution >= 4 is 9.84 Å². The van der Waals surface area contributed by atoms with E-state index in [1.807, 2.05) is 30.3 Å². The van der Waals surface area contributed by atoms with Crippen LogP contribution in [0.4, 0.5) is 0 Å². The summed E-state index contributed by atoms with van der Waals surface area (Å²) < 4.78 is 36.2. The summed E-state index contributed by atoms with van der Waals surface area (Å²) in [6.45, 7) is 4.90. The summed E-state index contributed by atoms with van der Waals surface area (Å²) in [5.41, 5.74) is 8.63. The van der Waals surface area contributed by atoms with Gasteiger partial charge in [0, 0.05) is 23.8 Å². The fourth-order valence-electron chi connectivity index (χ4n) is 4.89. The second-order valence-corrected chi connectivity index (χ2v) is 10.8. The van der Waals surface area contributed by atoms with Crippen LogP contribution in [0.2, 0.25) is 0 Å². The Balaban J connectivity index is 1.64. The van der Waals surface area contributed by atoms with Crippen LogP contribution in [0, 0.1) is 5.92 Å². The van der Waals surface area contributed by atoms with Crippen molar-refractivity contribution in [3.63, 3.8) is 0 Å². The Labute approximate surface area is 190 Å². The Hall–Kier alpha value is -2.35. The molecule has 172 valence electrons. The molecule has 0 saturated carbocycles. The molecule has 0 radical (unpaired) electrons. The number of benzene rings is 2. The van der Waals surface area contributed by atoms with Gasteiger partial charge >= 0.3 is 0 Å². The van der Waals surface area contributed by atoms with Crippen molar-refractivity contribution in [1.29, 1.82) is 0 Å². The van der Waals surface area contributed by atoms with Gasteiger partial charge in [-0.3, -0.25) is 0 Å². The average molecular weight is 457 g/mol. The summed E-state index contributed by atoms with van der Waals surface area (Å²) >= 11 is 0. The lowest BCUT2D eigenvalue weighted by molar-refractivity contribution is -0.201. The monoisotopic (exact) mass is 456 g/mol. The molecule has 1 saturated heterocycles. The molecule has 32 heavy (non-hydrogen) atoms. The molecule has 0 spiro atoms. The topological polar surface area (TPSA) is 81.9 Å². The number of piperidine rings is 1. The van der Waals surface area contributed by atoms with Crippen LogP contribution in [0.25, 0.3) is 11.1 Å². The summed E-state index contributed by atoms with van der Waals surface area (Å²) in [5.74, 6) is -0.690. The quantitative estimate of drug-likeness (QED) is 0.681. The Bertz CT molecular complexity index is 1050. The van der Waals surface area contributed by atoms with E-state index in [9.17, 15) is 8.42 Å². The molecule has 2 aromatic carbocycles. The Morgan fingerprint density at radius 3 is 2.28 bits per heavy atom. The molecule has 0 bridgehead atoms. The minimum absolute atomic E-state index is 0.190. The highest BCUT2D eigenvalue weighted by Crippen LogP contribution is 2.47. The second-order valence-electron chi connectivity index (χ2n) is 8.75. The summed E-state index contributed by atoms with van der Waals surface area (Å²) in [4.78, 5) is 2.80. The molecular formula is C25H32N2O4S. The third-order valence-electron chi connectivity index (χ3n) is 6.71. The fourth-order valence-corrected chi connectivity index (χ4v) is 5.52. The number of sulfone groups is 1. The van der Waals surface area contributed by atoms with Gasteiger partial charge in [0.15, 0.2) is 9.84 Å². The van der Waals surface area contributed by atoms with Gasteiger partial charge in [0.05, 0.1) is 4.90 Å². The minimum atomic E-state index is -3.25. The van der Waals surface area contributed by atoms with E-state index in [1.165, 1.54) is 6.26 Å². The maximum absolute atomic E-state index is 11.9. The van der Waals surface area contributed by atoms with Crippen LogP contribution in [-0.2, 0) is 25.1 Å². The highest BCUT2D eigenvalue weighted by molar-refractivity contribution is 7.90. The standard InChI is InChI=1S/C25H32N2O4S/c1-19(11-14-26)27-15-12-21(13-16-27)25(30-17-18-31-25)24-6-4-3-5-23(24)20-7-9-22(10-8-20)32(2,28)29/h3-10,17-19,21H,11-16,26H2,1-2H3. The van der Waals surface area contributed by atoms with Crippen LogP contribution >= 0.6 is 0 Å². The van der Waals surface area contributed by atoms with Gasteiger partial charge in [0.1, 0.15) is 12.5 Å². The maximum Gasteiger partial charge on any atom is 0.280 e. The molecule has 2 aliphatic heterocycles. The summed E-state index contributed by atoms with van der Waals surface area (Å²) in [6.07, 6.45) is 7.39. The van der Waals surface area contributed by atoms with Crippen molar-refractivity contribution < 1.29 is 17.9 Å². The zero-order valence-electron chi connectivity index (χ0n) is 18.7. The highest BCUT2D eigenvalue weighted by Gasteiger charge is 2.48. The lowest BCUT2D eigenvalue weighted by Crippen LogP contribution is -2.47. The summed E-state index contributed by atoms with van der Waals surface area (Å²) in [5, 5.41) is 0. The third kappa shape index (κ3) is 4.42. The molecule has 1 atom stereocenters. The lowest BCUT2D eigenvalue weighted by Gasteiger charge is -2.43. The normalized spacial score (nSPS) is 20.0. The predicted octanol–water partition coefficient (Wildman–Crippen LogP) is 3.88. The number of likely N-dealkylation sites (tertiary alicyclic amines) is 1. The molecule has 0 aromatic heterocycles. The number of rotatable bonds is 7. The Morgan fingerprint density at radius 2 is 1.69 bits per heavy atom. The molecule has 1 fully saturated rings. The molecule has 4 rings (SSSR count). The number of hydrogen-bond donors (Lipinski definition) is 1. The first kappa shape index (κ1) is 22.8. The van der Waals surface area contributed by atoms with E-state index in [0.717, 1.165) is 49.0 Å². The van der Waals surface area contributed by atoms with Crippen molar-refractivity contribution in [3.8, 4) is 11.1 Å². The molecule has 0 aliphatic carbocycles. The van der Waals surface area contributed by atoms with Gasteiger partial charge in [-0.25, -0.2) is 8.42 Å². The van der Waals surface area contributed by atoms with E-state index < -0.39 is 15.6 Å². The SMILES string of the molecule is CC(CCN)N1CCC(C2(c3ccccc3-c3ccc(S(C)(=O)=O)cc3)OC=CO2)CC1. The zero-order chi connectivity index (χ0) is 22.8. The van der Waals surface area contributed by atoms with Crippen LogP contribution in [-0.4, -0.2) is 45.2 Å². The Kier molecular flexibility index (Phi) is 6.60. The number of ether oxygens (including phenoxy) is 2. The van der Waals surface area contributed by atoms with Crippen LogP contribution < -0.4 is 5.73 Å². The van der Waals surface area contributed by atoms with Gasteiger partial charge in [0.25, 0.3) is 5.79 Å². The lowest BCUT2D eigenvalue weighted by atomic mass is 9.81. The van der Waals surface area contributed by atoms with Crippen molar-refractivity contribution in [2.45, 2.75) is 42.9 Å². The molecule has 1 unspecified atom stereocenters.